The minimum absolute atomic E-state index is 0.233. The Morgan fingerprint density at radius 1 is 1.59 bits per heavy atom. The van der Waals surface area contributed by atoms with E-state index in [0.717, 1.165) is 9.99 Å². The van der Waals surface area contributed by atoms with Crippen molar-refractivity contribution in [1.82, 2.24) is 10.9 Å². The van der Waals surface area contributed by atoms with Crippen molar-refractivity contribution >= 4 is 45.4 Å². The third-order valence-electron chi connectivity index (χ3n) is 2.22. The number of benzene rings is 1. The van der Waals surface area contributed by atoms with E-state index in [4.69, 9.17) is 0 Å². The number of carbonyl (C=O) groups is 1. The third-order valence-corrected chi connectivity index (χ3v) is 4.28. The van der Waals surface area contributed by atoms with E-state index in [1.54, 1.807) is 6.07 Å². The molecule has 0 spiro atoms. The fourth-order valence-electron chi connectivity index (χ4n) is 1.31. The van der Waals surface area contributed by atoms with Gasteiger partial charge in [0.2, 0.25) is 5.17 Å². The van der Waals surface area contributed by atoms with Crippen LogP contribution < -0.4 is 10.9 Å². The van der Waals surface area contributed by atoms with Crippen LogP contribution in [0.2, 0.25) is 0 Å². The topological polar surface area (TPSA) is 55.6 Å². The first kappa shape index (κ1) is 12.8. The van der Waals surface area contributed by atoms with E-state index < -0.39 is 0 Å². The maximum absolute atomic E-state index is 11.9. The van der Waals surface area contributed by atoms with E-state index in [-0.39, 0.29) is 11.3 Å². The molecule has 1 aromatic carbocycles. The molecule has 1 amide bonds. The Hall–Kier alpha value is -0.600. The van der Waals surface area contributed by atoms with Crippen molar-refractivity contribution in [2.75, 3.05) is 0 Å². The highest BCUT2D eigenvalue weighted by atomic mass is 127. The monoisotopic (exact) mass is 360 g/mol. The number of amides is 1. The summed E-state index contributed by atoms with van der Waals surface area (Å²) >= 11 is 3.62. The van der Waals surface area contributed by atoms with Crippen LogP contribution in [0.4, 0.5) is 0 Å². The van der Waals surface area contributed by atoms with Crippen LogP contribution in [0.15, 0.2) is 29.3 Å². The molecule has 1 aliphatic rings. The molecule has 1 aliphatic heterocycles. The number of rotatable bonds is 2. The van der Waals surface area contributed by atoms with Gasteiger partial charge in [0.25, 0.3) is 5.91 Å². The van der Waals surface area contributed by atoms with Crippen molar-refractivity contribution in [2.24, 2.45) is 4.99 Å². The van der Waals surface area contributed by atoms with Crippen LogP contribution in [-0.4, -0.2) is 16.4 Å². The summed E-state index contributed by atoms with van der Waals surface area (Å²) in [6.45, 7) is 2.06. The highest BCUT2D eigenvalue weighted by Crippen LogP contribution is 2.19. The maximum atomic E-state index is 11.9. The molecule has 0 bridgehead atoms. The molecule has 1 saturated heterocycles. The van der Waals surface area contributed by atoms with Gasteiger partial charge in [0.15, 0.2) is 0 Å². The Kier molecular flexibility index (Phi) is 4.41. The Balaban J connectivity index is 2.12. The zero-order valence-corrected chi connectivity index (χ0v) is 12.2. The van der Waals surface area contributed by atoms with Crippen LogP contribution in [0.5, 0.6) is 0 Å². The first-order valence-electron chi connectivity index (χ1n) is 5.21. The summed E-state index contributed by atoms with van der Waals surface area (Å²) in [5.74, 6) is -0.236. The molecule has 0 saturated carbocycles. The van der Waals surface area contributed by atoms with Gasteiger partial charge in [-0.3, -0.25) is 4.79 Å². The van der Waals surface area contributed by atoms with Gasteiger partial charge < -0.3 is 0 Å². The number of amidine groups is 1. The summed E-state index contributed by atoms with van der Waals surface area (Å²) in [4.78, 5) is 15.9. The zero-order chi connectivity index (χ0) is 12.3. The summed E-state index contributed by atoms with van der Waals surface area (Å²) in [5, 5.41) is 0.748. The lowest BCUT2D eigenvalue weighted by atomic mass is 10.2. The van der Waals surface area contributed by atoms with Crippen LogP contribution in [0, 0.1) is 3.57 Å². The summed E-state index contributed by atoms with van der Waals surface area (Å²) in [6, 6.07) is 7.40. The number of carbonyl (C=O) groups excluding carboxylic acids is 1. The summed E-state index contributed by atoms with van der Waals surface area (Å²) in [6.07, 6.45) is 0.949. The van der Waals surface area contributed by atoms with Crippen molar-refractivity contribution in [1.29, 1.82) is 0 Å². The highest BCUT2D eigenvalue weighted by molar-refractivity contribution is 14.1. The molecule has 0 aliphatic carbocycles. The lowest BCUT2D eigenvalue weighted by Gasteiger charge is -1.99. The number of aliphatic imine (C=N–C) groups is 1. The highest BCUT2D eigenvalue weighted by Gasteiger charge is 2.22. The first-order valence-corrected chi connectivity index (χ1v) is 7.17. The van der Waals surface area contributed by atoms with E-state index in [0.29, 0.717) is 10.7 Å². The smallest absolute Gasteiger partial charge is 0.267 e. The predicted molar refractivity (Wildman–Crippen MR) is 77.9 cm³/mol. The quantitative estimate of drug-likeness (QED) is 0.824. The number of nitrogens with one attached hydrogen (secondary N) is 1. The molecule has 1 aromatic rings. The van der Waals surface area contributed by atoms with Crippen LogP contribution in [0.25, 0.3) is 0 Å². The number of hydrogen-bond acceptors (Lipinski definition) is 3. The predicted octanol–water partition coefficient (Wildman–Crippen LogP) is 2.38. The standard InChI is InChI=1S/C11H11IN3OS/c1-2-9-14-15-11(17-9)13-10(16)7-5-3-4-6-8(7)12/h3-6,9,14H,2H2,1H3. The fourth-order valence-corrected chi connectivity index (χ4v) is 2.70. The molecule has 1 radical (unpaired) electrons. The molecular weight excluding hydrogens is 349 g/mol. The normalized spacial score (nSPS) is 21.5. The van der Waals surface area contributed by atoms with Crippen molar-refractivity contribution in [3.05, 3.63) is 33.4 Å². The Bertz CT molecular complexity index is 464. The van der Waals surface area contributed by atoms with E-state index in [2.05, 4.69) is 45.4 Å². The average molecular weight is 360 g/mol. The van der Waals surface area contributed by atoms with Gasteiger partial charge >= 0.3 is 0 Å². The minimum atomic E-state index is -0.236. The molecule has 17 heavy (non-hydrogen) atoms. The van der Waals surface area contributed by atoms with Crippen LogP contribution in [-0.2, 0) is 0 Å². The molecule has 1 atom stereocenters. The SMILES string of the molecule is CCC1N[N]C(=NC(=O)c2ccccc2I)S1. The van der Waals surface area contributed by atoms with E-state index in [1.807, 2.05) is 18.2 Å². The lowest BCUT2D eigenvalue weighted by molar-refractivity contribution is 0.100. The second kappa shape index (κ2) is 5.83. The van der Waals surface area contributed by atoms with Gasteiger partial charge in [-0.1, -0.05) is 30.8 Å². The lowest BCUT2D eigenvalue weighted by Crippen LogP contribution is -2.24. The Labute approximate surface area is 118 Å². The molecule has 4 nitrogen and oxygen atoms in total. The van der Waals surface area contributed by atoms with Gasteiger partial charge in [-0.2, -0.15) is 15.8 Å². The molecule has 6 heteroatoms. The second-order valence-electron chi connectivity index (χ2n) is 3.44. The Morgan fingerprint density at radius 2 is 2.35 bits per heavy atom. The van der Waals surface area contributed by atoms with Crippen molar-refractivity contribution in [2.45, 2.75) is 18.7 Å². The van der Waals surface area contributed by atoms with Crippen molar-refractivity contribution in [3.8, 4) is 0 Å². The minimum Gasteiger partial charge on any atom is -0.267 e. The van der Waals surface area contributed by atoms with Gasteiger partial charge in [0.1, 0.15) is 0 Å². The van der Waals surface area contributed by atoms with E-state index in [9.17, 15) is 4.79 Å². The van der Waals surface area contributed by atoms with Gasteiger partial charge in [-0.15, -0.1) is 0 Å². The van der Waals surface area contributed by atoms with E-state index >= 15 is 0 Å². The molecule has 89 valence electrons. The third kappa shape index (κ3) is 3.20. The molecule has 2 rings (SSSR count). The molecule has 1 N–H and O–H groups in total. The van der Waals surface area contributed by atoms with Gasteiger partial charge in [0, 0.05) is 3.57 Å². The maximum Gasteiger partial charge on any atom is 0.280 e. The zero-order valence-electron chi connectivity index (χ0n) is 9.18. The van der Waals surface area contributed by atoms with Crippen molar-refractivity contribution in [3.63, 3.8) is 0 Å². The number of thioether (sulfide) groups is 1. The van der Waals surface area contributed by atoms with E-state index in [1.165, 1.54) is 11.8 Å². The van der Waals surface area contributed by atoms with Gasteiger partial charge in [-0.25, -0.2) is 0 Å². The summed E-state index contributed by atoms with van der Waals surface area (Å²) < 4.78 is 0.905. The molecule has 1 unspecified atom stereocenters. The van der Waals surface area contributed by atoms with Crippen molar-refractivity contribution < 1.29 is 4.79 Å². The number of halogens is 1. The number of hydrogen-bond donors (Lipinski definition) is 1. The molecule has 1 fully saturated rings. The molecule has 0 aromatic heterocycles. The molecular formula is C11H11IN3OS. The fraction of sp³-hybridized carbons (Fsp3) is 0.273. The average Bonchev–Trinajstić information content (AvgIpc) is 2.77. The largest absolute Gasteiger partial charge is 0.280 e. The number of nitrogens with zero attached hydrogens (tertiary/aromatic N) is 2. The van der Waals surface area contributed by atoms with Crippen LogP contribution >= 0.6 is 34.4 Å². The van der Waals surface area contributed by atoms with Crippen LogP contribution in [0.3, 0.4) is 0 Å². The first-order chi connectivity index (χ1) is 8.20. The summed E-state index contributed by atoms with van der Waals surface area (Å²) in [7, 11) is 0. The Morgan fingerprint density at radius 3 is 3.00 bits per heavy atom. The second-order valence-corrected chi connectivity index (χ2v) is 5.77. The van der Waals surface area contributed by atoms with Gasteiger partial charge in [-0.05, 0) is 41.1 Å². The summed E-state index contributed by atoms with van der Waals surface area (Å²) in [5.41, 5.74) is 7.58. The molecule has 1 heterocycles. The van der Waals surface area contributed by atoms with Gasteiger partial charge in [0.05, 0.1) is 10.9 Å². The van der Waals surface area contributed by atoms with Crippen LogP contribution in [0.1, 0.15) is 23.7 Å².